The molecule has 2 aromatic rings. The van der Waals surface area contributed by atoms with Gasteiger partial charge in [-0.2, -0.15) is 0 Å². The van der Waals surface area contributed by atoms with Gasteiger partial charge in [0.05, 0.1) is 14.2 Å². The Labute approximate surface area is 156 Å². The average Bonchev–Trinajstić information content (AvgIpc) is 3.04. The van der Waals surface area contributed by atoms with E-state index in [1.165, 1.54) is 39.8 Å². The lowest BCUT2D eigenvalue weighted by Crippen LogP contribution is -2.13. The lowest BCUT2D eigenvalue weighted by Gasteiger charge is -2.21. The molecule has 3 heteroatoms. The van der Waals surface area contributed by atoms with Crippen molar-refractivity contribution in [1.29, 1.82) is 0 Å². The maximum absolute atomic E-state index is 5.29. The number of hydrogen-bond donors (Lipinski definition) is 0. The van der Waals surface area contributed by atoms with Gasteiger partial charge >= 0.3 is 0 Å². The van der Waals surface area contributed by atoms with Crippen molar-refractivity contribution in [2.75, 3.05) is 14.2 Å². The molecule has 0 unspecified atom stereocenters. The van der Waals surface area contributed by atoms with Crippen molar-refractivity contribution < 1.29 is 9.47 Å². The van der Waals surface area contributed by atoms with Crippen molar-refractivity contribution in [1.82, 2.24) is 0 Å². The van der Waals surface area contributed by atoms with Crippen LogP contribution in [-0.2, 0) is 12.8 Å². The number of benzene rings is 2. The molecule has 0 spiro atoms. The predicted octanol–water partition coefficient (Wildman–Crippen LogP) is 5.25. The summed E-state index contributed by atoms with van der Waals surface area (Å²) >= 11 is -0.540. The van der Waals surface area contributed by atoms with E-state index in [1.54, 1.807) is 14.2 Å². The molecule has 0 amide bonds. The Hall–Kier alpha value is -1.43. The van der Waals surface area contributed by atoms with Gasteiger partial charge in [0.2, 0.25) is 0 Å². The molecule has 2 nitrogen and oxygen atoms in total. The summed E-state index contributed by atoms with van der Waals surface area (Å²) in [5, 5.41) is 4.45. The van der Waals surface area contributed by atoms with Crippen LogP contribution in [0.4, 0.5) is 0 Å². The fourth-order valence-corrected chi connectivity index (χ4v) is 7.97. The standard InChI is InChI=1S/C20H24O2.C2H5.Al/c1-15(13-17-5-9-19(21-3)10-6-17)16(2)14-18-7-11-20(22-4)12-8-18;1-2;/h5-12,15-16H,1-2,13-14H2,3-4H3;1H2,2H3;/t15-,16-;;/m1../s1. The molecule has 132 valence electrons. The fraction of sp³-hybridized carbons (Fsp3) is 0.455. The molecule has 1 aliphatic rings. The first-order valence-corrected chi connectivity index (χ1v) is 11.9. The van der Waals surface area contributed by atoms with Gasteiger partial charge in [-0.05, 0) is 60.1 Å². The first-order chi connectivity index (χ1) is 12.2. The predicted molar refractivity (Wildman–Crippen MR) is 106 cm³/mol. The monoisotopic (exact) mass is 352 g/mol. The Balaban J connectivity index is 1.68. The molecule has 2 atom stereocenters. The Bertz CT molecular complexity index is 593. The van der Waals surface area contributed by atoms with Crippen molar-refractivity contribution in [2.24, 2.45) is 11.8 Å². The normalized spacial score (nSPS) is 19.9. The van der Waals surface area contributed by atoms with E-state index in [4.69, 9.17) is 9.47 Å². The minimum atomic E-state index is -0.540. The third kappa shape index (κ3) is 4.81. The molecule has 25 heavy (non-hydrogen) atoms. The number of hydrogen-bond acceptors (Lipinski definition) is 2. The van der Waals surface area contributed by atoms with E-state index in [0.717, 1.165) is 23.3 Å². The molecule has 1 fully saturated rings. The van der Waals surface area contributed by atoms with Crippen molar-refractivity contribution in [3.63, 3.8) is 0 Å². The van der Waals surface area contributed by atoms with Crippen LogP contribution in [0.15, 0.2) is 48.5 Å². The first-order valence-electron chi connectivity index (χ1n) is 9.47. The van der Waals surface area contributed by atoms with E-state index in [9.17, 15) is 0 Å². The minimum absolute atomic E-state index is 0.540. The molecule has 0 bridgehead atoms. The molecule has 0 saturated carbocycles. The maximum atomic E-state index is 5.29. The summed E-state index contributed by atoms with van der Waals surface area (Å²) < 4.78 is 10.6. The molecule has 0 aliphatic carbocycles. The molecular formula is C22H29AlO2. The summed E-state index contributed by atoms with van der Waals surface area (Å²) in [5.74, 6) is 3.58. The Kier molecular flexibility index (Phi) is 6.46. The van der Waals surface area contributed by atoms with Gasteiger partial charge in [0, 0.05) is 0 Å². The Morgan fingerprint density at radius 1 is 0.760 bits per heavy atom. The zero-order valence-corrected chi connectivity index (χ0v) is 16.9. The molecule has 0 aromatic heterocycles. The highest BCUT2D eigenvalue weighted by Gasteiger charge is 2.36. The van der Waals surface area contributed by atoms with Crippen LogP contribution in [0.25, 0.3) is 0 Å². The Morgan fingerprint density at radius 3 is 1.48 bits per heavy atom. The van der Waals surface area contributed by atoms with Crippen LogP contribution in [0, 0.1) is 11.8 Å². The van der Waals surface area contributed by atoms with Crippen molar-refractivity contribution >= 4 is 14.1 Å². The lowest BCUT2D eigenvalue weighted by molar-refractivity contribution is 0.403. The van der Waals surface area contributed by atoms with Gasteiger partial charge in [-0.1, -0.05) is 47.0 Å². The SMILES string of the molecule is C[CH2][Al]1[CH2][C@H](Cc2ccc(OC)cc2)[C@@H](Cc2ccc(OC)cc2)[CH2]1. The topological polar surface area (TPSA) is 18.5 Å². The van der Waals surface area contributed by atoms with Crippen LogP contribution < -0.4 is 9.47 Å². The highest BCUT2D eigenvalue weighted by Crippen LogP contribution is 2.39. The third-order valence-corrected chi connectivity index (χ3v) is 9.53. The van der Waals surface area contributed by atoms with Crippen LogP contribution in [0.5, 0.6) is 11.5 Å². The number of rotatable bonds is 7. The zero-order chi connectivity index (χ0) is 17.6. The number of ether oxygens (including phenoxy) is 2. The first kappa shape index (κ1) is 18.4. The van der Waals surface area contributed by atoms with E-state index in [-0.39, 0.29) is 0 Å². The Morgan fingerprint density at radius 2 is 1.16 bits per heavy atom. The molecule has 0 N–H and O–H groups in total. The van der Waals surface area contributed by atoms with Gasteiger partial charge in [0.15, 0.2) is 0 Å². The van der Waals surface area contributed by atoms with Gasteiger partial charge in [-0.15, -0.1) is 0 Å². The average molecular weight is 352 g/mol. The molecular weight excluding hydrogens is 323 g/mol. The molecule has 1 aliphatic heterocycles. The summed E-state index contributed by atoms with van der Waals surface area (Å²) in [6, 6.07) is 17.3. The second-order valence-electron chi connectivity index (χ2n) is 7.37. The summed E-state index contributed by atoms with van der Waals surface area (Å²) in [6.45, 7) is 2.40. The number of methoxy groups -OCH3 is 2. The molecule has 1 heterocycles. The maximum Gasteiger partial charge on any atom is 0.262 e. The minimum Gasteiger partial charge on any atom is -0.497 e. The summed E-state index contributed by atoms with van der Waals surface area (Å²) in [7, 11) is 3.46. The zero-order valence-electron chi connectivity index (χ0n) is 15.7. The highest BCUT2D eigenvalue weighted by molar-refractivity contribution is 6.59. The van der Waals surface area contributed by atoms with E-state index in [1.807, 2.05) is 0 Å². The van der Waals surface area contributed by atoms with E-state index < -0.39 is 14.1 Å². The van der Waals surface area contributed by atoms with Crippen molar-refractivity contribution in [3.05, 3.63) is 59.7 Å². The summed E-state index contributed by atoms with van der Waals surface area (Å²) in [5.41, 5.74) is 2.91. The quantitative estimate of drug-likeness (QED) is 0.634. The molecule has 3 rings (SSSR count). The third-order valence-electron chi connectivity index (χ3n) is 5.83. The van der Waals surface area contributed by atoms with Crippen LogP contribution in [-0.4, -0.2) is 28.4 Å². The second-order valence-corrected chi connectivity index (χ2v) is 10.9. The van der Waals surface area contributed by atoms with Crippen molar-refractivity contribution in [2.45, 2.75) is 35.6 Å². The molecule has 1 saturated heterocycles. The van der Waals surface area contributed by atoms with Gasteiger partial charge in [0.1, 0.15) is 11.5 Å². The van der Waals surface area contributed by atoms with E-state index in [0.29, 0.717) is 0 Å². The van der Waals surface area contributed by atoms with Crippen LogP contribution in [0.3, 0.4) is 0 Å². The van der Waals surface area contributed by atoms with E-state index in [2.05, 4.69) is 55.5 Å². The van der Waals surface area contributed by atoms with Crippen LogP contribution in [0.2, 0.25) is 15.8 Å². The van der Waals surface area contributed by atoms with Crippen molar-refractivity contribution in [3.8, 4) is 11.5 Å². The highest BCUT2D eigenvalue weighted by atomic mass is 27.2. The van der Waals surface area contributed by atoms with Gasteiger partial charge < -0.3 is 9.47 Å². The van der Waals surface area contributed by atoms with Crippen LogP contribution in [0.1, 0.15) is 18.1 Å². The second kappa shape index (κ2) is 8.79. The summed E-state index contributed by atoms with van der Waals surface area (Å²) in [4.78, 5) is 0. The summed E-state index contributed by atoms with van der Waals surface area (Å²) in [6.07, 6.45) is 2.43. The fourth-order valence-electron chi connectivity index (χ4n) is 4.30. The molecule has 2 aromatic carbocycles. The smallest absolute Gasteiger partial charge is 0.262 e. The largest absolute Gasteiger partial charge is 0.497 e. The van der Waals surface area contributed by atoms with Gasteiger partial charge in [-0.25, -0.2) is 0 Å². The molecule has 0 radical (unpaired) electrons. The van der Waals surface area contributed by atoms with E-state index >= 15 is 0 Å². The lowest BCUT2D eigenvalue weighted by atomic mass is 9.85. The van der Waals surface area contributed by atoms with Crippen LogP contribution >= 0.6 is 0 Å². The van der Waals surface area contributed by atoms with Gasteiger partial charge in [-0.3, -0.25) is 0 Å². The van der Waals surface area contributed by atoms with Gasteiger partial charge in [0.25, 0.3) is 14.1 Å².